The zero-order chi connectivity index (χ0) is 20.8. The van der Waals surface area contributed by atoms with E-state index in [1.807, 2.05) is 42.3 Å². The number of esters is 1. The second-order valence-corrected chi connectivity index (χ2v) is 7.55. The van der Waals surface area contributed by atoms with Crippen LogP contribution in [0, 0.1) is 5.92 Å². The van der Waals surface area contributed by atoms with Crippen LogP contribution in [-0.2, 0) is 25.5 Å². The fourth-order valence-corrected chi connectivity index (χ4v) is 3.91. The summed E-state index contributed by atoms with van der Waals surface area (Å²) in [5.41, 5.74) is 1.94. The van der Waals surface area contributed by atoms with Gasteiger partial charge >= 0.3 is 5.97 Å². The van der Waals surface area contributed by atoms with Crippen LogP contribution in [-0.4, -0.2) is 53.9 Å². The maximum absolute atomic E-state index is 12.8. The van der Waals surface area contributed by atoms with Gasteiger partial charge in [-0.15, -0.1) is 0 Å². The number of aromatic nitrogens is 1. The molecule has 0 spiro atoms. The fraction of sp³-hybridized carbons (Fsp3) is 0.500. The summed E-state index contributed by atoms with van der Waals surface area (Å²) < 4.78 is 4.92. The highest BCUT2D eigenvalue weighted by Gasteiger charge is 2.30. The maximum Gasteiger partial charge on any atom is 0.328 e. The number of para-hydroxylation sites is 1. The van der Waals surface area contributed by atoms with E-state index in [9.17, 15) is 14.4 Å². The summed E-state index contributed by atoms with van der Waals surface area (Å²) in [5, 5.41) is 3.91. The summed E-state index contributed by atoms with van der Waals surface area (Å²) in [4.78, 5) is 42.1. The lowest BCUT2D eigenvalue weighted by atomic mass is 9.94. The first-order valence-electron chi connectivity index (χ1n) is 10.2. The minimum atomic E-state index is -0.744. The van der Waals surface area contributed by atoms with E-state index in [1.165, 1.54) is 7.11 Å². The Morgan fingerprint density at radius 1 is 1.24 bits per heavy atom. The summed E-state index contributed by atoms with van der Waals surface area (Å²) >= 11 is 0. The predicted molar refractivity (Wildman–Crippen MR) is 110 cm³/mol. The van der Waals surface area contributed by atoms with E-state index in [0.29, 0.717) is 38.8 Å². The van der Waals surface area contributed by atoms with E-state index in [2.05, 4.69) is 10.3 Å². The van der Waals surface area contributed by atoms with Crippen LogP contribution >= 0.6 is 0 Å². The van der Waals surface area contributed by atoms with Crippen LogP contribution in [0.4, 0.5) is 0 Å². The van der Waals surface area contributed by atoms with Crippen molar-refractivity contribution in [3.8, 4) is 0 Å². The highest BCUT2D eigenvalue weighted by Crippen LogP contribution is 2.21. The van der Waals surface area contributed by atoms with Gasteiger partial charge in [0.25, 0.3) is 0 Å². The number of nitrogens with zero attached hydrogens (tertiary/aromatic N) is 1. The van der Waals surface area contributed by atoms with Crippen LogP contribution in [0.15, 0.2) is 30.5 Å². The van der Waals surface area contributed by atoms with Crippen LogP contribution in [0.1, 0.15) is 38.2 Å². The van der Waals surface area contributed by atoms with Crippen LogP contribution in [0.25, 0.3) is 10.9 Å². The highest BCUT2D eigenvalue weighted by atomic mass is 16.5. The largest absolute Gasteiger partial charge is 0.467 e. The molecule has 0 aliphatic carbocycles. The van der Waals surface area contributed by atoms with Gasteiger partial charge in [0.2, 0.25) is 11.8 Å². The average Bonchev–Trinajstić information content (AvgIpc) is 3.16. The number of ether oxygens (including phenoxy) is 1. The Bertz CT molecular complexity index is 868. The third kappa shape index (κ3) is 4.96. The first kappa shape index (κ1) is 20.9. The number of hydrogen-bond acceptors (Lipinski definition) is 4. The molecule has 29 heavy (non-hydrogen) atoms. The lowest BCUT2D eigenvalue weighted by Gasteiger charge is -2.32. The van der Waals surface area contributed by atoms with E-state index < -0.39 is 12.0 Å². The number of amides is 2. The van der Waals surface area contributed by atoms with Gasteiger partial charge in [0.15, 0.2) is 0 Å². The van der Waals surface area contributed by atoms with Crippen LogP contribution in [0.2, 0.25) is 0 Å². The zero-order valence-corrected chi connectivity index (χ0v) is 17.1. The molecule has 2 N–H and O–H groups in total. The number of rotatable bonds is 7. The molecule has 1 fully saturated rings. The third-order valence-corrected chi connectivity index (χ3v) is 5.58. The molecule has 0 bridgehead atoms. The van der Waals surface area contributed by atoms with Gasteiger partial charge in [-0.3, -0.25) is 9.59 Å². The molecule has 1 aromatic carbocycles. The molecule has 7 nitrogen and oxygen atoms in total. The topological polar surface area (TPSA) is 91.5 Å². The second kappa shape index (κ2) is 9.58. The number of benzene rings is 1. The molecule has 7 heteroatoms. The van der Waals surface area contributed by atoms with Gasteiger partial charge in [-0.2, -0.15) is 0 Å². The number of hydrogen-bond donors (Lipinski definition) is 2. The molecule has 1 saturated heterocycles. The summed E-state index contributed by atoms with van der Waals surface area (Å²) in [6.07, 6.45) is 4.82. The van der Waals surface area contributed by atoms with Gasteiger partial charge in [-0.25, -0.2) is 4.79 Å². The molecule has 3 rings (SSSR count). The van der Waals surface area contributed by atoms with E-state index in [0.717, 1.165) is 22.9 Å². The first-order valence-corrected chi connectivity index (χ1v) is 10.2. The first-order chi connectivity index (χ1) is 14.0. The molecular formula is C22H29N3O4. The second-order valence-electron chi connectivity index (χ2n) is 7.55. The van der Waals surface area contributed by atoms with Gasteiger partial charge in [-0.05, 0) is 30.9 Å². The van der Waals surface area contributed by atoms with Gasteiger partial charge < -0.3 is 19.9 Å². The molecule has 0 saturated carbocycles. The molecule has 0 radical (unpaired) electrons. The zero-order valence-electron chi connectivity index (χ0n) is 17.1. The van der Waals surface area contributed by atoms with Crippen molar-refractivity contribution in [3.63, 3.8) is 0 Å². The molecular weight excluding hydrogens is 370 g/mol. The number of nitrogens with one attached hydrogen (secondary N) is 2. The van der Waals surface area contributed by atoms with Crippen LogP contribution < -0.4 is 5.32 Å². The monoisotopic (exact) mass is 399 g/mol. The fourth-order valence-electron chi connectivity index (χ4n) is 3.91. The van der Waals surface area contributed by atoms with Crippen molar-refractivity contribution in [2.75, 3.05) is 20.2 Å². The lowest BCUT2D eigenvalue weighted by molar-refractivity contribution is -0.145. The van der Waals surface area contributed by atoms with Crippen molar-refractivity contribution >= 4 is 28.7 Å². The van der Waals surface area contributed by atoms with Gasteiger partial charge in [-0.1, -0.05) is 25.1 Å². The summed E-state index contributed by atoms with van der Waals surface area (Å²) in [5.74, 6) is -0.657. The van der Waals surface area contributed by atoms with Crippen molar-refractivity contribution in [1.29, 1.82) is 0 Å². The quantitative estimate of drug-likeness (QED) is 0.700. The number of methoxy groups -OCH3 is 1. The maximum atomic E-state index is 12.8. The molecule has 2 aromatic rings. The Balaban J connectivity index is 1.62. The van der Waals surface area contributed by atoms with Crippen molar-refractivity contribution in [1.82, 2.24) is 15.2 Å². The third-order valence-electron chi connectivity index (χ3n) is 5.58. The highest BCUT2D eigenvalue weighted by molar-refractivity contribution is 5.88. The molecule has 1 aliphatic rings. The van der Waals surface area contributed by atoms with E-state index in [-0.39, 0.29) is 17.7 Å². The van der Waals surface area contributed by atoms with Gasteiger partial charge in [0.1, 0.15) is 6.04 Å². The molecule has 1 atom stereocenters. The number of carbonyl (C=O) groups excluding carboxylic acids is 3. The van der Waals surface area contributed by atoms with Crippen molar-refractivity contribution < 1.29 is 19.1 Å². The number of fused-ring (bicyclic) bond motifs is 1. The number of aromatic amines is 1. The minimum Gasteiger partial charge on any atom is -0.467 e. The summed E-state index contributed by atoms with van der Waals surface area (Å²) in [6, 6.07) is 7.10. The molecule has 156 valence electrons. The molecule has 0 unspecified atom stereocenters. The molecule has 2 heterocycles. The Morgan fingerprint density at radius 2 is 1.97 bits per heavy atom. The normalized spacial score (nSPS) is 15.9. The molecule has 2 amide bonds. The predicted octanol–water partition coefficient (Wildman–Crippen LogP) is 2.41. The van der Waals surface area contributed by atoms with E-state index >= 15 is 0 Å². The summed E-state index contributed by atoms with van der Waals surface area (Å²) in [7, 11) is 1.33. The smallest absolute Gasteiger partial charge is 0.328 e. The van der Waals surface area contributed by atoms with Crippen molar-refractivity contribution in [2.24, 2.45) is 5.92 Å². The van der Waals surface area contributed by atoms with Crippen molar-refractivity contribution in [2.45, 2.75) is 45.1 Å². The average molecular weight is 399 g/mol. The van der Waals surface area contributed by atoms with Crippen LogP contribution in [0.5, 0.6) is 0 Å². The number of carbonyl (C=O) groups is 3. The number of piperidine rings is 1. The number of H-pyrrole nitrogens is 1. The Labute approximate surface area is 170 Å². The Hall–Kier alpha value is -2.83. The SMILES string of the molecule is CCCC(=O)N1CCC(C(=O)N[C@H](Cc2c[nH]c3ccccc23)C(=O)OC)CC1. The van der Waals surface area contributed by atoms with E-state index in [4.69, 9.17) is 4.74 Å². The van der Waals surface area contributed by atoms with Crippen LogP contribution in [0.3, 0.4) is 0 Å². The minimum absolute atomic E-state index is 0.150. The lowest BCUT2D eigenvalue weighted by Crippen LogP contribution is -2.48. The van der Waals surface area contributed by atoms with E-state index in [1.54, 1.807) is 0 Å². The van der Waals surface area contributed by atoms with Gasteiger partial charge in [0.05, 0.1) is 7.11 Å². The molecule has 1 aliphatic heterocycles. The summed E-state index contributed by atoms with van der Waals surface area (Å²) in [6.45, 7) is 3.16. The Morgan fingerprint density at radius 3 is 2.66 bits per heavy atom. The van der Waals surface area contributed by atoms with Crippen molar-refractivity contribution in [3.05, 3.63) is 36.0 Å². The molecule has 1 aromatic heterocycles. The number of likely N-dealkylation sites (tertiary alicyclic amines) is 1. The Kier molecular flexibility index (Phi) is 6.90. The standard InChI is InChI=1S/C22H29N3O4/c1-3-6-20(26)25-11-9-15(10-12-25)21(27)24-19(22(28)29-2)13-16-14-23-18-8-5-4-7-17(16)18/h4-5,7-8,14-15,19,23H,3,6,9-13H2,1-2H3,(H,24,27)/t19-/m1/s1. The van der Waals surface area contributed by atoms with Gasteiger partial charge in [0, 0.05) is 48.9 Å².